The molecule has 0 radical (unpaired) electrons. The van der Waals surface area contributed by atoms with E-state index in [-0.39, 0.29) is 23.0 Å². The maximum Gasteiger partial charge on any atom is 0.143 e. The van der Waals surface area contributed by atoms with Gasteiger partial charge in [-0.2, -0.15) is 0 Å². The predicted molar refractivity (Wildman–Crippen MR) is 156 cm³/mol. The molecule has 8 heteroatoms. The largest absolute Gasteiger partial charge is 0.508 e. The molecule has 0 aliphatic heterocycles. The van der Waals surface area contributed by atoms with Crippen molar-refractivity contribution in [2.45, 2.75) is 24.7 Å². The van der Waals surface area contributed by atoms with Crippen LogP contribution in [-0.2, 0) is 10.8 Å². The Morgan fingerprint density at radius 2 is 0.694 bits per heavy atom. The second-order valence-corrected chi connectivity index (χ2v) is 12.3. The van der Waals surface area contributed by atoms with Crippen LogP contribution < -0.4 is 0 Å². The Kier molecular flexibility index (Phi) is 7.55. The molecule has 0 saturated carbocycles. The van der Waals surface area contributed by atoms with Gasteiger partial charge in [0.25, 0.3) is 0 Å². The molecule has 36 heavy (non-hydrogen) atoms. The van der Waals surface area contributed by atoms with Gasteiger partial charge in [-0.25, -0.2) is 0 Å². The monoisotopic (exact) mass is 738 g/mol. The molecule has 0 aromatic heterocycles. The van der Waals surface area contributed by atoms with Gasteiger partial charge in [-0.1, -0.05) is 38.1 Å². The molecule has 0 bridgehead atoms. The van der Waals surface area contributed by atoms with Crippen LogP contribution in [0.2, 0.25) is 0 Å². The van der Waals surface area contributed by atoms with Gasteiger partial charge in [-0.05, 0) is 135 Å². The summed E-state index contributed by atoms with van der Waals surface area (Å²) in [7, 11) is 0. The number of phenolic OH excluding ortho intramolecular Hbond substituents is 4. The zero-order chi connectivity index (χ0) is 26.4. The zero-order valence-corrected chi connectivity index (χ0v) is 25.6. The number of aromatic hydroxyl groups is 4. The third kappa shape index (κ3) is 4.46. The summed E-state index contributed by atoms with van der Waals surface area (Å²) >= 11 is 14.0. The summed E-state index contributed by atoms with van der Waals surface area (Å²) in [6.45, 7) is 4.21. The normalized spacial score (nSPS) is 12.1. The Labute approximate surface area is 243 Å². The van der Waals surface area contributed by atoms with E-state index >= 15 is 0 Å². The van der Waals surface area contributed by atoms with E-state index in [1.165, 1.54) is 0 Å². The molecule has 4 nitrogen and oxygen atoms in total. The quantitative estimate of drug-likeness (QED) is 0.165. The van der Waals surface area contributed by atoms with Gasteiger partial charge >= 0.3 is 0 Å². The van der Waals surface area contributed by atoms with E-state index in [1.807, 2.05) is 48.5 Å². The maximum absolute atomic E-state index is 10.5. The molecule has 4 rings (SSSR count). The molecule has 0 fully saturated rings. The SMILES string of the molecule is CC(c1ccc(O)cc1)(c1ccc(O)cc1)C(C)(c1cc(Br)c(O)c(Br)c1)c1cc(Br)c(O)c(Br)c1. The maximum atomic E-state index is 10.5. The Balaban J connectivity index is 2.19. The highest BCUT2D eigenvalue weighted by Gasteiger charge is 2.50. The number of benzene rings is 4. The highest BCUT2D eigenvalue weighted by Crippen LogP contribution is 2.55. The third-order valence-corrected chi connectivity index (χ3v) is 9.50. The first-order chi connectivity index (χ1) is 16.9. The van der Waals surface area contributed by atoms with Crippen molar-refractivity contribution in [1.29, 1.82) is 0 Å². The number of phenols is 4. The molecule has 0 heterocycles. The fraction of sp³-hybridized carbons (Fsp3) is 0.143. The van der Waals surface area contributed by atoms with E-state index in [2.05, 4.69) is 77.6 Å². The highest BCUT2D eigenvalue weighted by molar-refractivity contribution is 9.11. The highest BCUT2D eigenvalue weighted by atomic mass is 79.9. The first-order valence-electron chi connectivity index (χ1n) is 10.9. The van der Waals surface area contributed by atoms with Crippen molar-refractivity contribution in [2.24, 2.45) is 0 Å². The molecule has 0 spiro atoms. The van der Waals surface area contributed by atoms with E-state index in [1.54, 1.807) is 24.3 Å². The molecule has 0 aliphatic carbocycles. The summed E-state index contributed by atoms with van der Waals surface area (Å²) in [4.78, 5) is 0. The molecule has 0 aliphatic rings. The lowest BCUT2D eigenvalue weighted by atomic mass is 9.53. The zero-order valence-electron chi connectivity index (χ0n) is 19.2. The van der Waals surface area contributed by atoms with Gasteiger partial charge in [-0.3, -0.25) is 0 Å². The van der Waals surface area contributed by atoms with Gasteiger partial charge in [0.1, 0.15) is 23.0 Å². The van der Waals surface area contributed by atoms with Crippen molar-refractivity contribution < 1.29 is 20.4 Å². The van der Waals surface area contributed by atoms with E-state index < -0.39 is 10.8 Å². The molecular formula is C28H22Br4O4. The Bertz CT molecular complexity index is 1280. The van der Waals surface area contributed by atoms with Crippen molar-refractivity contribution in [3.8, 4) is 23.0 Å². The lowest BCUT2D eigenvalue weighted by Crippen LogP contribution is -2.47. The van der Waals surface area contributed by atoms with Crippen LogP contribution in [0.1, 0.15) is 36.1 Å². The fourth-order valence-electron chi connectivity index (χ4n) is 4.79. The van der Waals surface area contributed by atoms with Crippen LogP contribution in [0.5, 0.6) is 23.0 Å². The molecular weight excluding hydrogens is 720 g/mol. The number of halogens is 4. The van der Waals surface area contributed by atoms with E-state index in [0.29, 0.717) is 17.9 Å². The third-order valence-electron chi connectivity index (χ3n) is 7.08. The molecule has 0 amide bonds. The lowest BCUT2D eigenvalue weighted by molar-refractivity contribution is 0.357. The smallest absolute Gasteiger partial charge is 0.143 e. The average molecular weight is 742 g/mol. The summed E-state index contributed by atoms with van der Waals surface area (Å²) < 4.78 is 2.09. The van der Waals surface area contributed by atoms with Crippen molar-refractivity contribution >= 4 is 63.7 Å². The minimum Gasteiger partial charge on any atom is -0.508 e. The summed E-state index contributed by atoms with van der Waals surface area (Å²) in [5, 5.41) is 41.1. The van der Waals surface area contributed by atoms with Crippen LogP contribution in [-0.4, -0.2) is 20.4 Å². The lowest BCUT2D eigenvalue weighted by Gasteiger charge is -2.49. The van der Waals surface area contributed by atoms with Crippen molar-refractivity contribution in [1.82, 2.24) is 0 Å². The number of hydrogen-bond acceptors (Lipinski definition) is 4. The Hall–Kier alpha value is -2.00. The van der Waals surface area contributed by atoms with Gasteiger partial charge in [-0.15, -0.1) is 0 Å². The standard InChI is InChI=1S/C28H22Br4O4/c1-27(15-3-7-19(33)8-4-15,16-5-9-20(34)10-6-16)28(2,17-11-21(29)25(35)22(30)12-17)18-13-23(31)26(36)24(32)14-18/h3-14,33-36H,1-2H3. The van der Waals surface area contributed by atoms with Gasteiger partial charge in [0.2, 0.25) is 0 Å². The minimum absolute atomic E-state index is 0.0881. The van der Waals surface area contributed by atoms with Gasteiger partial charge in [0.05, 0.1) is 17.9 Å². The second kappa shape index (κ2) is 10.0. The molecule has 0 saturated heterocycles. The Morgan fingerprint density at radius 3 is 0.972 bits per heavy atom. The molecule has 0 atom stereocenters. The van der Waals surface area contributed by atoms with Crippen LogP contribution >= 0.6 is 63.7 Å². The van der Waals surface area contributed by atoms with Crippen LogP contribution in [0.3, 0.4) is 0 Å². The fourth-order valence-corrected chi connectivity index (χ4v) is 7.16. The minimum atomic E-state index is -0.821. The number of hydrogen-bond donors (Lipinski definition) is 4. The van der Waals surface area contributed by atoms with Crippen molar-refractivity contribution in [2.75, 3.05) is 0 Å². The van der Waals surface area contributed by atoms with E-state index in [4.69, 9.17) is 0 Å². The van der Waals surface area contributed by atoms with Crippen LogP contribution in [0.4, 0.5) is 0 Å². The van der Waals surface area contributed by atoms with Crippen LogP contribution in [0, 0.1) is 0 Å². The average Bonchev–Trinajstić information content (AvgIpc) is 2.85. The van der Waals surface area contributed by atoms with E-state index in [0.717, 1.165) is 22.3 Å². The second-order valence-electron chi connectivity index (χ2n) is 8.92. The molecule has 0 unspecified atom stereocenters. The van der Waals surface area contributed by atoms with Crippen LogP contribution in [0.25, 0.3) is 0 Å². The van der Waals surface area contributed by atoms with Gasteiger partial charge in [0, 0.05) is 10.8 Å². The summed E-state index contributed by atoms with van der Waals surface area (Å²) in [6.07, 6.45) is 0. The van der Waals surface area contributed by atoms with Crippen LogP contribution in [0.15, 0.2) is 90.7 Å². The van der Waals surface area contributed by atoms with E-state index in [9.17, 15) is 20.4 Å². The molecule has 4 N–H and O–H groups in total. The summed E-state index contributed by atoms with van der Waals surface area (Å²) in [6, 6.07) is 21.7. The summed E-state index contributed by atoms with van der Waals surface area (Å²) in [5.74, 6) is 0.479. The topological polar surface area (TPSA) is 80.9 Å². The predicted octanol–water partition coefficient (Wildman–Crippen LogP) is 8.87. The molecule has 186 valence electrons. The van der Waals surface area contributed by atoms with Gasteiger partial charge in [0.15, 0.2) is 0 Å². The number of rotatable bonds is 5. The molecule has 4 aromatic rings. The van der Waals surface area contributed by atoms with Gasteiger partial charge < -0.3 is 20.4 Å². The Morgan fingerprint density at radius 1 is 0.444 bits per heavy atom. The molecule has 4 aromatic carbocycles. The first kappa shape index (κ1) is 27.0. The summed E-state index contributed by atoms with van der Waals surface area (Å²) in [5.41, 5.74) is 1.96. The van der Waals surface area contributed by atoms with Crippen molar-refractivity contribution in [3.05, 3.63) is 113 Å². The first-order valence-corrected chi connectivity index (χ1v) is 14.0. The van der Waals surface area contributed by atoms with Crippen molar-refractivity contribution in [3.63, 3.8) is 0 Å².